The van der Waals surface area contributed by atoms with Crippen LogP contribution in [0.2, 0.25) is 0 Å². The Kier molecular flexibility index (Phi) is 4.40. The second-order valence-corrected chi connectivity index (χ2v) is 6.48. The lowest BCUT2D eigenvalue weighted by Crippen LogP contribution is -2.42. The summed E-state index contributed by atoms with van der Waals surface area (Å²) in [5.74, 6) is -0.877. The van der Waals surface area contributed by atoms with Crippen molar-refractivity contribution in [2.24, 2.45) is 0 Å². The van der Waals surface area contributed by atoms with Crippen LogP contribution in [0.4, 0.5) is 9.18 Å². The zero-order valence-electron chi connectivity index (χ0n) is 12.7. The van der Waals surface area contributed by atoms with Gasteiger partial charge in [-0.3, -0.25) is 0 Å². The van der Waals surface area contributed by atoms with Gasteiger partial charge in [0.05, 0.1) is 0 Å². The van der Waals surface area contributed by atoms with Crippen LogP contribution < -0.4 is 0 Å². The van der Waals surface area contributed by atoms with Gasteiger partial charge in [0.1, 0.15) is 5.60 Å². The zero-order chi connectivity index (χ0) is 15.6. The molecule has 1 aromatic rings. The van der Waals surface area contributed by atoms with Gasteiger partial charge in [0.25, 0.3) is 0 Å². The minimum absolute atomic E-state index is 0.0952. The largest absolute Gasteiger partial charge is 0.505 e. The quantitative estimate of drug-likeness (QED) is 0.860. The third-order valence-electron chi connectivity index (χ3n) is 3.51. The first-order valence-corrected chi connectivity index (χ1v) is 7.22. The first kappa shape index (κ1) is 15.6. The van der Waals surface area contributed by atoms with Crippen molar-refractivity contribution in [3.05, 3.63) is 29.6 Å². The summed E-state index contributed by atoms with van der Waals surface area (Å²) in [4.78, 5) is 13.8. The fourth-order valence-electron chi connectivity index (χ4n) is 2.53. The van der Waals surface area contributed by atoms with E-state index in [2.05, 4.69) is 0 Å². The molecule has 1 aromatic carbocycles. The van der Waals surface area contributed by atoms with Crippen molar-refractivity contribution in [2.45, 2.75) is 45.1 Å². The Hall–Kier alpha value is -1.78. The third kappa shape index (κ3) is 4.09. The van der Waals surface area contributed by atoms with E-state index in [9.17, 15) is 14.3 Å². The number of ether oxygens (including phenoxy) is 1. The maximum atomic E-state index is 13.1. The Morgan fingerprint density at radius 2 is 2.14 bits per heavy atom. The molecule has 1 saturated heterocycles. The van der Waals surface area contributed by atoms with Crippen LogP contribution in [0.15, 0.2) is 18.2 Å². The number of nitrogens with zero attached hydrogens (tertiary/aromatic N) is 1. The highest BCUT2D eigenvalue weighted by molar-refractivity contribution is 5.68. The molecule has 1 amide bonds. The normalized spacial score (nSPS) is 19.4. The van der Waals surface area contributed by atoms with E-state index in [1.165, 1.54) is 12.1 Å². The van der Waals surface area contributed by atoms with Gasteiger partial charge in [-0.1, -0.05) is 6.07 Å². The Balaban J connectivity index is 2.06. The van der Waals surface area contributed by atoms with Crippen LogP contribution in [0, 0.1) is 5.82 Å². The summed E-state index contributed by atoms with van der Waals surface area (Å²) in [5, 5.41) is 9.48. The first-order valence-electron chi connectivity index (χ1n) is 7.22. The summed E-state index contributed by atoms with van der Waals surface area (Å²) in [5.41, 5.74) is 0.334. The number of phenols is 1. The van der Waals surface area contributed by atoms with Gasteiger partial charge in [0.2, 0.25) is 0 Å². The lowest BCUT2D eigenvalue weighted by molar-refractivity contribution is 0.0198. The van der Waals surface area contributed by atoms with Gasteiger partial charge in [-0.25, -0.2) is 9.18 Å². The van der Waals surface area contributed by atoms with E-state index in [0.29, 0.717) is 13.1 Å². The highest BCUT2D eigenvalue weighted by Gasteiger charge is 2.28. The summed E-state index contributed by atoms with van der Waals surface area (Å²) in [7, 11) is 0. The number of benzene rings is 1. The summed E-state index contributed by atoms with van der Waals surface area (Å²) in [6, 6.07) is 4.37. The number of rotatable bonds is 1. The van der Waals surface area contributed by atoms with Crippen LogP contribution >= 0.6 is 0 Å². The molecule has 1 aliphatic rings. The summed E-state index contributed by atoms with van der Waals surface area (Å²) in [6.07, 6.45) is 1.45. The molecule has 4 nitrogen and oxygen atoms in total. The molecule has 0 radical (unpaired) electrons. The fraction of sp³-hybridized carbons (Fsp3) is 0.562. The number of likely N-dealkylation sites (tertiary alicyclic amines) is 1. The molecule has 0 bridgehead atoms. The van der Waals surface area contributed by atoms with Crippen molar-refractivity contribution < 1.29 is 19.0 Å². The molecule has 2 rings (SSSR count). The van der Waals surface area contributed by atoms with Crippen LogP contribution in [0.25, 0.3) is 0 Å². The molecule has 1 heterocycles. The van der Waals surface area contributed by atoms with E-state index >= 15 is 0 Å². The molecular weight excluding hydrogens is 273 g/mol. The summed E-state index contributed by atoms with van der Waals surface area (Å²) >= 11 is 0. The van der Waals surface area contributed by atoms with Crippen LogP contribution in [0.3, 0.4) is 0 Å². The summed E-state index contributed by atoms with van der Waals surface area (Å²) in [6.45, 7) is 6.71. The minimum atomic E-state index is -0.626. The van der Waals surface area contributed by atoms with E-state index in [4.69, 9.17) is 4.74 Å². The first-order chi connectivity index (χ1) is 9.76. The predicted octanol–water partition coefficient (Wildman–Crippen LogP) is 3.65. The molecule has 1 atom stereocenters. The van der Waals surface area contributed by atoms with Crippen molar-refractivity contribution >= 4 is 6.09 Å². The Morgan fingerprint density at radius 3 is 2.76 bits per heavy atom. The minimum Gasteiger partial charge on any atom is -0.505 e. The average molecular weight is 295 g/mol. The van der Waals surface area contributed by atoms with Crippen molar-refractivity contribution in [2.75, 3.05) is 13.1 Å². The fourth-order valence-corrected chi connectivity index (χ4v) is 2.53. The van der Waals surface area contributed by atoms with Gasteiger partial charge in [-0.15, -0.1) is 0 Å². The maximum absolute atomic E-state index is 13.1. The maximum Gasteiger partial charge on any atom is 0.410 e. The van der Waals surface area contributed by atoms with Gasteiger partial charge in [-0.05, 0) is 51.3 Å². The van der Waals surface area contributed by atoms with Gasteiger partial charge in [-0.2, -0.15) is 0 Å². The van der Waals surface area contributed by atoms with Crippen LogP contribution in [0.5, 0.6) is 5.75 Å². The van der Waals surface area contributed by atoms with Crippen LogP contribution in [-0.2, 0) is 4.74 Å². The number of piperidine rings is 1. The Bertz CT molecular complexity index is 525. The highest BCUT2D eigenvalue weighted by Crippen LogP contribution is 2.30. The van der Waals surface area contributed by atoms with Gasteiger partial charge in [0, 0.05) is 19.0 Å². The average Bonchev–Trinajstić information content (AvgIpc) is 2.40. The smallest absolute Gasteiger partial charge is 0.410 e. The zero-order valence-corrected chi connectivity index (χ0v) is 12.7. The molecule has 0 saturated carbocycles. The molecular formula is C16H22FNO3. The van der Waals surface area contributed by atoms with Crippen LogP contribution in [-0.4, -0.2) is 34.8 Å². The molecule has 1 aliphatic heterocycles. The van der Waals surface area contributed by atoms with E-state index < -0.39 is 11.4 Å². The SMILES string of the molecule is CC(C)(C)OC(=O)N1CCCC(c2ccc(F)c(O)c2)C1. The number of carbonyl (C=O) groups excluding carboxylic acids is 1. The number of hydrogen-bond donors (Lipinski definition) is 1. The Morgan fingerprint density at radius 1 is 1.43 bits per heavy atom. The van der Waals surface area contributed by atoms with Crippen molar-refractivity contribution in [3.8, 4) is 5.75 Å². The highest BCUT2D eigenvalue weighted by atomic mass is 19.1. The predicted molar refractivity (Wildman–Crippen MR) is 77.8 cm³/mol. The van der Waals surface area contributed by atoms with E-state index in [1.54, 1.807) is 11.0 Å². The molecule has 1 unspecified atom stereocenters. The lowest BCUT2D eigenvalue weighted by atomic mass is 9.90. The number of amides is 1. The molecule has 0 spiro atoms. The molecule has 116 valence electrons. The molecule has 5 heteroatoms. The Labute approximate surface area is 124 Å². The second-order valence-electron chi connectivity index (χ2n) is 6.48. The topological polar surface area (TPSA) is 49.8 Å². The molecule has 1 N–H and O–H groups in total. The van der Waals surface area contributed by atoms with E-state index in [-0.39, 0.29) is 17.8 Å². The van der Waals surface area contributed by atoms with Gasteiger partial charge >= 0.3 is 6.09 Å². The number of aromatic hydroxyl groups is 1. The number of hydrogen-bond acceptors (Lipinski definition) is 3. The van der Waals surface area contributed by atoms with Crippen LogP contribution in [0.1, 0.15) is 45.1 Å². The number of phenolic OH excluding ortho intramolecular Hbond substituents is 1. The second kappa shape index (κ2) is 5.92. The molecule has 1 fully saturated rings. The molecule has 0 aromatic heterocycles. The number of carbonyl (C=O) groups is 1. The number of halogens is 1. The third-order valence-corrected chi connectivity index (χ3v) is 3.51. The standard InChI is InChI=1S/C16H22FNO3/c1-16(2,3)21-15(20)18-8-4-5-12(10-18)11-6-7-13(17)14(19)9-11/h6-7,9,12,19H,4-5,8,10H2,1-3H3. The van der Waals surface area contributed by atoms with Gasteiger partial charge in [0.15, 0.2) is 11.6 Å². The summed E-state index contributed by atoms with van der Waals surface area (Å²) < 4.78 is 18.5. The van der Waals surface area contributed by atoms with E-state index in [0.717, 1.165) is 18.4 Å². The molecule has 21 heavy (non-hydrogen) atoms. The molecule has 0 aliphatic carbocycles. The van der Waals surface area contributed by atoms with Crippen molar-refractivity contribution in [1.29, 1.82) is 0 Å². The van der Waals surface area contributed by atoms with E-state index in [1.807, 2.05) is 20.8 Å². The van der Waals surface area contributed by atoms with Crippen molar-refractivity contribution in [1.82, 2.24) is 4.90 Å². The van der Waals surface area contributed by atoms with Gasteiger partial charge < -0.3 is 14.7 Å². The lowest BCUT2D eigenvalue weighted by Gasteiger charge is -2.34. The monoisotopic (exact) mass is 295 g/mol. The van der Waals surface area contributed by atoms with Crippen molar-refractivity contribution in [3.63, 3.8) is 0 Å².